The molecule has 2 nitrogen and oxygen atoms in total. The van der Waals surface area contributed by atoms with Gasteiger partial charge in [-0.3, -0.25) is 0 Å². The molecule has 0 aliphatic carbocycles. The van der Waals surface area contributed by atoms with Gasteiger partial charge in [0.05, 0.1) is 16.6 Å². The standard InChI is InChI=1S/C14H17BrF3NO/c15-12-9-10(14(16,17)18)4-5-13(12)20-8-6-11-3-1-2-7-19-11/h4-5,9,11,19H,1-3,6-8H2. The Morgan fingerprint density at radius 1 is 1.30 bits per heavy atom. The Morgan fingerprint density at radius 3 is 2.70 bits per heavy atom. The molecule has 1 aromatic carbocycles. The van der Waals surface area contributed by atoms with Gasteiger partial charge in [-0.1, -0.05) is 6.42 Å². The Kier molecular flexibility index (Phi) is 5.32. The normalized spacial score (nSPS) is 19.9. The van der Waals surface area contributed by atoms with Gasteiger partial charge >= 0.3 is 6.18 Å². The lowest BCUT2D eigenvalue weighted by molar-refractivity contribution is -0.137. The van der Waals surface area contributed by atoms with Crippen molar-refractivity contribution < 1.29 is 17.9 Å². The molecule has 0 amide bonds. The summed E-state index contributed by atoms with van der Waals surface area (Å²) in [6.45, 7) is 1.54. The predicted molar refractivity (Wildman–Crippen MR) is 74.9 cm³/mol. The first-order valence-corrected chi connectivity index (χ1v) is 7.49. The van der Waals surface area contributed by atoms with Crippen LogP contribution in [-0.4, -0.2) is 19.2 Å². The van der Waals surface area contributed by atoms with Crippen LogP contribution < -0.4 is 10.1 Å². The number of benzene rings is 1. The van der Waals surface area contributed by atoms with Gasteiger partial charge in [0, 0.05) is 6.04 Å². The van der Waals surface area contributed by atoms with Crippen LogP contribution >= 0.6 is 15.9 Å². The first kappa shape index (κ1) is 15.6. The molecule has 6 heteroatoms. The maximum atomic E-state index is 12.5. The van der Waals surface area contributed by atoms with Crippen LogP contribution in [0.1, 0.15) is 31.2 Å². The summed E-state index contributed by atoms with van der Waals surface area (Å²) >= 11 is 3.13. The van der Waals surface area contributed by atoms with Crippen molar-refractivity contribution in [2.24, 2.45) is 0 Å². The maximum Gasteiger partial charge on any atom is 0.416 e. The van der Waals surface area contributed by atoms with Gasteiger partial charge in [0.2, 0.25) is 0 Å². The number of nitrogens with one attached hydrogen (secondary N) is 1. The fraction of sp³-hybridized carbons (Fsp3) is 0.571. The molecule has 0 aromatic heterocycles. The minimum absolute atomic E-state index is 0.337. The monoisotopic (exact) mass is 351 g/mol. The van der Waals surface area contributed by atoms with Crippen LogP contribution in [0.15, 0.2) is 22.7 Å². The summed E-state index contributed by atoms with van der Waals surface area (Å²) in [6, 6.07) is 3.91. The van der Waals surface area contributed by atoms with Crippen LogP contribution in [0.2, 0.25) is 0 Å². The predicted octanol–water partition coefficient (Wildman–Crippen LogP) is 4.38. The quantitative estimate of drug-likeness (QED) is 0.869. The Morgan fingerprint density at radius 2 is 2.10 bits per heavy atom. The van der Waals surface area contributed by atoms with Crippen molar-refractivity contribution in [2.75, 3.05) is 13.2 Å². The van der Waals surface area contributed by atoms with Crippen LogP contribution in [0.5, 0.6) is 5.75 Å². The summed E-state index contributed by atoms with van der Waals surface area (Å²) in [6.07, 6.45) is 0.113. The number of ether oxygens (including phenoxy) is 1. The molecule has 1 aliphatic rings. The molecule has 1 unspecified atom stereocenters. The molecule has 2 rings (SSSR count). The average molecular weight is 352 g/mol. The zero-order chi connectivity index (χ0) is 14.6. The first-order valence-electron chi connectivity index (χ1n) is 6.70. The maximum absolute atomic E-state index is 12.5. The highest BCUT2D eigenvalue weighted by molar-refractivity contribution is 9.10. The molecule has 20 heavy (non-hydrogen) atoms. The lowest BCUT2D eigenvalue weighted by atomic mass is 10.0. The van der Waals surface area contributed by atoms with Crippen molar-refractivity contribution in [1.29, 1.82) is 0 Å². The SMILES string of the molecule is FC(F)(F)c1ccc(OCCC2CCCCN2)c(Br)c1. The zero-order valence-corrected chi connectivity index (χ0v) is 12.6. The van der Waals surface area contributed by atoms with Gasteiger partial charge in [0.15, 0.2) is 0 Å². The number of hydrogen-bond acceptors (Lipinski definition) is 2. The zero-order valence-electron chi connectivity index (χ0n) is 11.0. The lowest BCUT2D eigenvalue weighted by Crippen LogP contribution is -2.35. The number of hydrogen-bond donors (Lipinski definition) is 1. The molecule has 0 saturated carbocycles. The third-order valence-corrected chi connectivity index (χ3v) is 4.02. The van der Waals surface area contributed by atoms with E-state index in [1.807, 2.05) is 0 Å². The molecular weight excluding hydrogens is 335 g/mol. The highest BCUT2D eigenvalue weighted by Gasteiger charge is 2.30. The summed E-state index contributed by atoms with van der Waals surface area (Å²) in [5, 5.41) is 3.41. The molecule has 1 saturated heterocycles. The second-order valence-corrected chi connectivity index (χ2v) is 5.78. The van der Waals surface area contributed by atoms with E-state index in [0.29, 0.717) is 22.9 Å². The van der Waals surface area contributed by atoms with E-state index in [-0.39, 0.29) is 0 Å². The molecule has 1 atom stereocenters. The smallest absolute Gasteiger partial charge is 0.416 e. The number of rotatable bonds is 4. The van der Waals surface area contributed by atoms with Gasteiger partial charge < -0.3 is 10.1 Å². The highest BCUT2D eigenvalue weighted by atomic mass is 79.9. The molecule has 1 fully saturated rings. The summed E-state index contributed by atoms with van der Waals surface area (Å²) in [7, 11) is 0. The highest BCUT2D eigenvalue weighted by Crippen LogP contribution is 2.34. The van der Waals surface area contributed by atoms with Gasteiger partial charge in [-0.2, -0.15) is 13.2 Å². The van der Waals surface area contributed by atoms with E-state index >= 15 is 0 Å². The van der Waals surface area contributed by atoms with Gasteiger partial charge in [-0.15, -0.1) is 0 Å². The van der Waals surface area contributed by atoms with Gasteiger partial charge in [-0.05, 0) is 59.9 Å². The summed E-state index contributed by atoms with van der Waals surface area (Å²) < 4.78 is 43.5. The Bertz CT molecular complexity index is 445. The van der Waals surface area contributed by atoms with Crippen molar-refractivity contribution in [1.82, 2.24) is 5.32 Å². The second kappa shape index (κ2) is 6.80. The summed E-state index contributed by atoms with van der Waals surface area (Å²) in [5.74, 6) is 0.453. The molecule has 1 heterocycles. The topological polar surface area (TPSA) is 21.3 Å². The fourth-order valence-electron chi connectivity index (χ4n) is 2.28. The Labute approximate surface area is 124 Å². The molecule has 0 bridgehead atoms. The largest absolute Gasteiger partial charge is 0.492 e. The van der Waals surface area contributed by atoms with E-state index in [1.165, 1.54) is 18.9 Å². The molecule has 1 aliphatic heterocycles. The third kappa shape index (κ3) is 4.38. The van der Waals surface area contributed by atoms with E-state index in [2.05, 4.69) is 21.2 Å². The number of halogens is 4. The van der Waals surface area contributed by atoms with E-state index in [9.17, 15) is 13.2 Å². The van der Waals surface area contributed by atoms with Crippen molar-refractivity contribution in [3.63, 3.8) is 0 Å². The number of piperidine rings is 1. The van der Waals surface area contributed by atoms with Crippen LogP contribution in [0.3, 0.4) is 0 Å². The van der Waals surface area contributed by atoms with E-state index in [4.69, 9.17) is 4.74 Å². The molecule has 112 valence electrons. The summed E-state index contributed by atoms with van der Waals surface area (Å²) in [4.78, 5) is 0. The van der Waals surface area contributed by atoms with Gasteiger partial charge in [0.25, 0.3) is 0 Å². The minimum Gasteiger partial charge on any atom is -0.492 e. The van der Waals surface area contributed by atoms with E-state index < -0.39 is 11.7 Å². The van der Waals surface area contributed by atoms with Crippen molar-refractivity contribution in [2.45, 2.75) is 37.9 Å². The van der Waals surface area contributed by atoms with Crippen molar-refractivity contribution >= 4 is 15.9 Å². The van der Waals surface area contributed by atoms with E-state index in [1.54, 1.807) is 0 Å². The van der Waals surface area contributed by atoms with Crippen LogP contribution in [-0.2, 0) is 6.18 Å². The number of alkyl halides is 3. The van der Waals surface area contributed by atoms with Gasteiger partial charge in [-0.25, -0.2) is 0 Å². The van der Waals surface area contributed by atoms with Gasteiger partial charge in [0.1, 0.15) is 5.75 Å². The molecule has 1 N–H and O–H groups in total. The van der Waals surface area contributed by atoms with Crippen LogP contribution in [0, 0.1) is 0 Å². The molecule has 0 spiro atoms. The third-order valence-electron chi connectivity index (χ3n) is 3.40. The lowest BCUT2D eigenvalue weighted by Gasteiger charge is -2.23. The molecule has 0 radical (unpaired) electrons. The van der Waals surface area contributed by atoms with Crippen LogP contribution in [0.4, 0.5) is 13.2 Å². The van der Waals surface area contributed by atoms with Crippen molar-refractivity contribution in [3.8, 4) is 5.75 Å². The minimum atomic E-state index is -4.33. The van der Waals surface area contributed by atoms with E-state index in [0.717, 1.165) is 31.5 Å². The van der Waals surface area contributed by atoms with Crippen molar-refractivity contribution in [3.05, 3.63) is 28.2 Å². The second-order valence-electron chi connectivity index (χ2n) is 4.93. The molecule has 1 aromatic rings. The average Bonchev–Trinajstić information content (AvgIpc) is 2.40. The van der Waals surface area contributed by atoms with Crippen LogP contribution in [0.25, 0.3) is 0 Å². The first-order chi connectivity index (χ1) is 9.47. The Balaban J connectivity index is 1.86. The molecular formula is C14H17BrF3NO. The fourth-order valence-corrected chi connectivity index (χ4v) is 2.77. The summed E-state index contributed by atoms with van der Waals surface area (Å²) in [5.41, 5.74) is -0.675. The Hall–Kier alpha value is -0.750.